The van der Waals surface area contributed by atoms with Crippen molar-refractivity contribution in [3.8, 4) is 0 Å². The van der Waals surface area contributed by atoms with Gasteiger partial charge in [-0.05, 0) is 38.6 Å². The number of benzene rings is 1. The van der Waals surface area contributed by atoms with Crippen molar-refractivity contribution in [3.05, 3.63) is 35.1 Å². The molecule has 0 bridgehead atoms. The van der Waals surface area contributed by atoms with Crippen molar-refractivity contribution in [2.75, 3.05) is 20.1 Å². The Labute approximate surface area is 119 Å². The molecule has 1 saturated heterocycles. The van der Waals surface area contributed by atoms with Crippen LogP contribution >= 0.6 is 0 Å². The number of nitrogens with zero attached hydrogens (tertiary/aromatic N) is 1. The molecule has 1 fully saturated rings. The van der Waals surface area contributed by atoms with E-state index >= 15 is 0 Å². The molecule has 0 aliphatic carbocycles. The van der Waals surface area contributed by atoms with Crippen LogP contribution in [0.2, 0.25) is 0 Å². The molecule has 7 heteroatoms. The average Bonchev–Trinajstić information content (AvgIpc) is 2.80. The number of carbonyl (C=O) groups excluding carboxylic acids is 1. The molecule has 3 nitrogen and oxygen atoms in total. The summed E-state index contributed by atoms with van der Waals surface area (Å²) in [5.41, 5.74) is -2.00. The summed E-state index contributed by atoms with van der Waals surface area (Å²) in [5.74, 6) is -2.35. The van der Waals surface area contributed by atoms with Gasteiger partial charge in [-0.3, -0.25) is 4.79 Å². The monoisotopic (exact) mass is 304 g/mol. The minimum absolute atomic E-state index is 0.141. The fourth-order valence-corrected chi connectivity index (χ4v) is 2.47. The lowest BCUT2D eigenvalue weighted by molar-refractivity contribution is -0.140. The van der Waals surface area contributed by atoms with Gasteiger partial charge in [0.05, 0.1) is 11.1 Å². The summed E-state index contributed by atoms with van der Waals surface area (Å²) >= 11 is 0. The third-order valence-electron chi connectivity index (χ3n) is 3.72. The van der Waals surface area contributed by atoms with Gasteiger partial charge in [0, 0.05) is 12.6 Å². The van der Waals surface area contributed by atoms with Crippen LogP contribution < -0.4 is 5.32 Å². The molecule has 2 rings (SSSR count). The number of amides is 1. The van der Waals surface area contributed by atoms with E-state index < -0.39 is 29.0 Å². The molecule has 1 aromatic rings. The molecule has 0 aromatic heterocycles. The summed E-state index contributed by atoms with van der Waals surface area (Å²) in [6.45, 7) is 1.21. The van der Waals surface area contributed by atoms with E-state index in [1.807, 2.05) is 7.05 Å². The Balaban J connectivity index is 2.09. The first kappa shape index (κ1) is 15.8. The smallest absolute Gasteiger partial charge is 0.350 e. The Morgan fingerprint density at radius 1 is 1.43 bits per heavy atom. The zero-order valence-corrected chi connectivity index (χ0v) is 11.5. The van der Waals surface area contributed by atoms with Crippen molar-refractivity contribution in [2.45, 2.75) is 25.1 Å². The van der Waals surface area contributed by atoms with Gasteiger partial charge >= 0.3 is 6.18 Å². The van der Waals surface area contributed by atoms with Gasteiger partial charge in [0.2, 0.25) is 0 Å². The Hall–Kier alpha value is -1.63. The molecule has 0 spiro atoms. The summed E-state index contributed by atoms with van der Waals surface area (Å²) in [4.78, 5) is 13.9. The number of hydrogen-bond acceptors (Lipinski definition) is 2. The van der Waals surface area contributed by atoms with E-state index in [4.69, 9.17) is 0 Å². The molecule has 1 aromatic carbocycles. The van der Waals surface area contributed by atoms with Crippen LogP contribution in [0.25, 0.3) is 0 Å². The average molecular weight is 304 g/mol. The fraction of sp³-hybridized carbons (Fsp3) is 0.500. The van der Waals surface area contributed by atoms with E-state index in [1.165, 1.54) is 0 Å². The van der Waals surface area contributed by atoms with Gasteiger partial charge < -0.3 is 10.2 Å². The number of rotatable bonds is 3. The minimum atomic E-state index is -4.81. The zero-order chi connectivity index (χ0) is 15.6. The van der Waals surface area contributed by atoms with Crippen LogP contribution in [0.4, 0.5) is 17.6 Å². The topological polar surface area (TPSA) is 32.3 Å². The van der Waals surface area contributed by atoms with Crippen molar-refractivity contribution < 1.29 is 22.4 Å². The summed E-state index contributed by atoms with van der Waals surface area (Å²) in [6.07, 6.45) is -2.90. The maximum atomic E-state index is 13.8. The Morgan fingerprint density at radius 3 is 2.71 bits per heavy atom. The number of hydrogen-bond donors (Lipinski definition) is 1. The Bertz CT molecular complexity index is 530. The second-order valence-corrected chi connectivity index (χ2v) is 5.15. The molecule has 1 aliphatic rings. The maximum absolute atomic E-state index is 13.8. The molecular weight excluding hydrogens is 288 g/mol. The molecule has 1 unspecified atom stereocenters. The van der Waals surface area contributed by atoms with E-state index in [9.17, 15) is 22.4 Å². The van der Waals surface area contributed by atoms with Crippen molar-refractivity contribution in [3.63, 3.8) is 0 Å². The van der Waals surface area contributed by atoms with Crippen LogP contribution in [-0.4, -0.2) is 37.0 Å². The fourth-order valence-electron chi connectivity index (χ4n) is 2.47. The minimum Gasteiger partial charge on any atom is -0.350 e. The highest BCUT2D eigenvalue weighted by Gasteiger charge is 2.35. The normalized spacial score (nSPS) is 19.8. The highest BCUT2D eigenvalue weighted by Crippen LogP contribution is 2.32. The summed E-state index contributed by atoms with van der Waals surface area (Å²) < 4.78 is 51.6. The molecule has 116 valence electrons. The summed E-state index contributed by atoms with van der Waals surface area (Å²) in [5, 5.41) is 2.50. The largest absolute Gasteiger partial charge is 0.419 e. The Kier molecular flexibility index (Phi) is 4.51. The first-order chi connectivity index (χ1) is 9.80. The van der Waals surface area contributed by atoms with Crippen LogP contribution in [0.1, 0.15) is 28.8 Å². The highest BCUT2D eigenvalue weighted by atomic mass is 19.4. The lowest BCUT2D eigenvalue weighted by Crippen LogP contribution is -2.38. The van der Waals surface area contributed by atoms with Gasteiger partial charge in [0.25, 0.3) is 5.91 Å². The lowest BCUT2D eigenvalue weighted by atomic mass is 10.1. The van der Waals surface area contributed by atoms with Crippen LogP contribution in [0.5, 0.6) is 0 Å². The van der Waals surface area contributed by atoms with Crippen LogP contribution in [0, 0.1) is 5.82 Å². The first-order valence-corrected chi connectivity index (χ1v) is 6.65. The van der Waals surface area contributed by atoms with Gasteiger partial charge in [-0.25, -0.2) is 4.39 Å². The number of nitrogens with one attached hydrogen (secondary N) is 1. The maximum Gasteiger partial charge on any atom is 0.419 e. The van der Waals surface area contributed by atoms with Crippen molar-refractivity contribution in [1.29, 1.82) is 0 Å². The van der Waals surface area contributed by atoms with Gasteiger partial charge in [-0.1, -0.05) is 6.07 Å². The molecule has 1 atom stereocenters. The molecule has 1 heterocycles. The van der Waals surface area contributed by atoms with E-state index in [2.05, 4.69) is 10.2 Å². The Morgan fingerprint density at radius 2 is 2.14 bits per heavy atom. The van der Waals surface area contributed by atoms with Gasteiger partial charge in [-0.15, -0.1) is 0 Å². The standard InChI is InChI=1S/C14H16F4N2O/c1-20-7-3-4-9(20)8-19-13(21)10-5-2-6-11(12(10)15)14(16,17)18/h2,5-6,9H,3-4,7-8H2,1H3,(H,19,21). The lowest BCUT2D eigenvalue weighted by Gasteiger charge is -2.20. The van der Waals surface area contributed by atoms with Crippen LogP contribution in [0.3, 0.4) is 0 Å². The molecule has 1 aliphatic heterocycles. The first-order valence-electron chi connectivity index (χ1n) is 6.65. The molecule has 1 amide bonds. The van der Waals surface area contributed by atoms with Crippen molar-refractivity contribution >= 4 is 5.91 Å². The van der Waals surface area contributed by atoms with Crippen molar-refractivity contribution in [2.24, 2.45) is 0 Å². The third-order valence-corrected chi connectivity index (χ3v) is 3.72. The summed E-state index contributed by atoms with van der Waals surface area (Å²) in [6, 6.07) is 2.85. The molecule has 0 saturated carbocycles. The second kappa shape index (κ2) is 6.01. The molecule has 0 radical (unpaired) electrons. The van der Waals surface area contributed by atoms with Crippen LogP contribution in [-0.2, 0) is 6.18 Å². The predicted octanol–water partition coefficient (Wildman–Crippen LogP) is 2.67. The van der Waals surface area contributed by atoms with Gasteiger partial charge in [0.1, 0.15) is 5.82 Å². The summed E-state index contributed by atoms with van der Waals surface area (Å²) in [7, 11) is 1.91. The number of likely N-dealkylation sites (N-methyl/N-ethyl adjacent to an activating group) is 1. The van der Waals surface area contributed by atoms with E-state index in [0.29, 0.717) is 12.6 Å². The SMILES string of the molecule is CN1CCCC1CNC(=O)c1cccc(C(F)(F)F)c1F. The third kappa shape index (κ3) is 3.53. The number of halogens is 4. The molecule has 21 heavy (non-hydrogen) atoms. The van der Waals surface area contributed by atoms with Gasteiger partial charge in [0.15, 0.2) is 0 Å². The molecular formula is C14H16F4N2O. The van der Waals surface area contributed by atoms with Gasteiger partial charge in [-0.2, -0.15) is 13.2 Å². The second-order valence-electron chi connectivity index (χ2n) is 5.15. The van der Waals surface area contributed by atoms with E-state index in [1.54, 1.807) is 0 Å². The number of carbonyl (C=O) groups is 1. The van der Waals surface area contributed by atoms with Crippen LogP contribution in [0.15, 0.2) is 18.2 Å². The predicted molar refractivity (Wildman–Crippen MR) is 69.4 cm³/mol. The van der Waals surface area contributed by atoms with Crippen molar-refractivity contribution in [1.82, 2.24) is 10.2 Å². The zero-order valence-electron chi connectivity index (χ0n) is 11.5. The van der Waals surface area contributed by atoms with E-state index in [0.717, 1.165) is 31.5 Å². The molecule has 1 N–H and O–H groups in total. The number of likely N-dealkylation sites (tertiary alicyclic amines) is 1. The number of alkyl halides is 3. The van der Waals surface area contributed by atoms with E-state index in [-0.39, 0.29) is 6.04 Å². The quantitative estimate of drug-likeness (QED) is 0.871. The highest BCUT2D eigenvalue weighted by molar-refractivity contribution is 5.94.